The molecule has 0 radical (unpaired) electrons. The molecule has 1 aromatic heterocycles. The van der Waals surface area contributed by atoms with Crippen LogP contribution < -0.4 is 5.32 Å². The van der Waals surface area contributed by atoms with Crippen LogP contribution >= 0.6 is 0 Å². The Morgan fingerprint density at radius 1 is 1.31 bits per heavy atom. The molecule has 16 heavy (non-hydrogen) atoms. The first kappa shape index (κ1) is 13.0. The van der Waals surface area contributed by atoms with Crippen LogP contribution in [0.4, 0.5) is 5.69 Å². The number of aromatic nitrogens is 1. The maximum absolute atomic E-state index is 4.10. The number of rotatable bonds is 7. The summed E-state index contributed by atoms with van der Waals surface area (Å²) in [5.41, 5.74) is 2.45. The van der Waals surface area contributed by atoms with Crippen LogP contribution in [0.15, 0.2) is 18.5 Å². The van der Waals surface area contributed by atoms with Gasteiger partial charge in [-0.25, -0.2) is 0 Å². The molecule has 2 heteroatoms. The normalized spacial score (nSPS) is 12.4. The summed E-state index contributed by atoms with van der Waals surface area (Å²) in [6.07, 6.45) is 10.4. The van der Waals surface area contributed by atoms with E-state index >= 15 is 0 Å². The fourth-order valence-corrected chi connectivity index (χ4v) is 1.85. The maximum atomic E-state index is 4.10. The number of nitrogens with one attached hydrogen (secondary N) is 1. The van der Waals surface area contributed by atoms with Gasteiger partial charge < -0.3 is 5.32 Å². The quantitative estimate of drug-likeness (QED) is 0.698. The molecule has 0 amide bonds. The Hall–Kier alpha value is -1.05. The highest BCUT2D eigenvalue weighted by Gasteiger charge is 2.03. The zero-order valence-electron chi connectivity index (χ0n) is 10.8. The van der Waals surface area contributed by atoms with Gasteiger partial charge in [0.2, 0.25) is 0 Å². The molecule has 2 nitrogen and oxygen atoms in total. The third-order valence-electron chi connectivity index (χ3n) is 2.91. The number of hydrogen-bond donors (Lipinski definition) is 1. The predicted octanol–water partition coefficient (Wildman–Crippen LogP) is 4.16. The van der Waals surface area contributed by atoms with Gasteiger partial charge in [-0.15, -0.1) is 0 Å². The lowest BCUT2D eigenvalue weighted by atomic mass is 10.1. The largest absolute Gasteiger partial charge is 0.382 e. The molecule has 0 spiro atoms. The Morgan fingerprint density at radius 3 is 2.81 bits per heavy atom. The van der Waals surface area contributed by atoms with Crippen LogP contribution in [0.2, 0.25) is 0 Å². The van der Waals surface area contributed by atoms with Crippen LogP contribution in [0.3, 0.4) is 0 Å². The van der Waals surface area contributed by atoms with Crippen molar-refractivity contribution in [1.82, 2.24) is 4.98 Å². The number of hydrogen-bond acceptors (Lipinski definition) is 2. The van der Waals surface area contributed by atoms with Crippen molar-refractivity contribution in [2.45, 2.75) is 58.9 Å². The lowest BCUT2D eigenvalue weighted by Crippen LogP contribution is -2.15. The zero-order chi connectivity index (χ0) is 11.8. The van der Waals surface area contributed by atoms with E-state index in [1.807, 2.05) is 12.4 Å². The molecular formula is C14H24N2. The summed E-state index contributed by atoms with van der Waals surface area (Å²) < 4.78 is 0. The molecule has 0 aromatic carbocycles. The van der Waals surface area contributed by atoms with E-state index in [-0.39, 0.29) is 0 Å². The van der Waals surface area contributed by atoms with Crippen LogP contribution in [0.5, 0.6) is 0 Å². The Morgan fingerprint density at radius 2 is 2.12 bits per heavy atom. The van der Waals surface area contributed by atoms with Gasteiger partial charge >= 0.3 is 0 Å². The van der Waals surface area contributed by atoms with Crippen LogP contribution in [-0.2, 0) is 0 Å². The second kappa shape index (κ2) is 7.26. The van der Waals surface area contributed by atoms with Crippen LogP contribution in [0, 0.1) is 6.92 Å². The molecule has 1 rings (SSSR count). The monoisotopic (exact) mass is 220 g/mol. The SMILES string of the molecule is CCCCCCC(C)Nc1ccncc1C. The van der Waals surface area contributed by atoms with Crippen molar-refractivity contribution in [3.63, 3.8) is 0 Å². The molecule has 1 N–H and O–H groups in total. The van der Waals surface area contributed by atoms with Gasteiger partial charge in [0.25, 0.3) is 0 Å². The first-order valence-corrected chi connectivity index (χ1v) is 6.41. The van der Waals surface area contributed by atoms with E-state index in [0.29, 0.717) is 6.04 Å². The molecule has 0 fully saturated rings. The summed E-state index contributed by atoms with van der Waals surface area (Å²) in [6, 6.07) is 2.61. The zero-order valence-corrected chi connectivity index (χ0v) is 10.8. The van der Waals surface area contributed by atoms with E-state index in [2.05, 4.69) is 37.1 Å². The number of anilines is 1. The summed E-state index contributed by atoms with van der Waals surface area (Å²) in [5.74, 6) is 0. The maximum Gasteiger partial charge on any atom is 0.0402 e. The topological polar surface area (TPSA) is 24.9 Å². The van der Waals surface area contributed by atoms with Crippen molar-refractivity contribution in [2.75, 3.05) is 5.32 Å². The average molecular weight is 220 g/mol. The first-order valence-electron chi connectivity index (χ1n) is 6.41. The Balaban J connectivity index is 2.28. The lowest BCUT2D eigenvalue weighted by Gasteiger charge is -2.16. The van der Waals surface area contributed by atoms with Crippen molar-refractivity contribution in [1.29, 1.82) is 0 Å². The summed E-state index contributed by atoms with van der Waals surface area (Å²) in [5, 5.41) is 3.55. The van der Waals surface area contributed by atoms with Crippen LogP contribution in [0.25, 0.3) is 0 Å². The standard InChI is InChI=1S/C14H24N2/c1-4-5-6-7-8-13(3)16-14-9-10-15-11-12(14)2/h9-11,13H,4-8H2,1-3H3,(H,15,16). The molecule has 1 heterocycles. The van der Waals surface area contributed by atoms with Gasteiger partial charge in [0, 0.05) is 24.1 Å². The molecule has 90 valence electrons. The highest BCUT2D eigenvalue weighted by Crippen LogP contribution is 2.15. The summed E-state index contributed by atoms with van der Waals surface area (Å²) in [4.78, 5) is 4.10. The van der Waals surface area contributed by atoms with Crippen LogP contribution in [0.1, 0.15) is 51.5 Å². The second-order valence-electron chi connectivity index (χ2n) is 4.59. The number of aryl methyl sites for hydroxylation is 1. The fraction of sp³-hybridized carbons (Fsp3) is 0.643. The molecule has 1 atom stereocenters. The molecular weight excluding hydrogens is 196 g/mol. The smallest absolute Gasteiger partial charge is 0.0402 e. The molecule has 1 aromatic rings. The van der Waals surface area contributed by atoms with E-state index in [9.17, 15) is 0 Å². The molecule has 0 bridgehead atoms. The third-order valence-corrected chi connectivity index (χ3v) is 2.91. The highest BCUT2D eigenvalue weighted by molar-refractivity contribution is 5.49. The van der Waals surface area contributed by atoms with Crippen LogP contribution in [-0.4, -0.2) is 11.0 Å². The minimum absolute atomic E-state index is 0.554. The van der Waals surface area contributed by atoms with Gasteiger partial charge in [0.05, 0.1) is 0 Å². The van der Waals surface area contributed by atoms with Gasteiger partial charge in [-0.05, 0) is 31.9 Å². The first-order chi connectivity index (χ1) is 7.74. The van der Waals surface area contributed by atoms with Gasteiger partial charge in [-0.2, -0.15) is 0 Å². The Labute approximate surface area is 99.5 Å². The van der Waals surface area contributed by atoms with Gasteiger partial charge in [0.15, 0.2) is 0 Å². The number of nitrogens with zero attached hydrogens (tertiary/aromatic N) is 1. The minimum atomic E-state index is 0.554. The number of unbranched alkanes of at least 4 members (excludes halogenated alkanes) is 3. The molecule has 0 saturated heterocycles. The second-order valence-corrected chi connectivity index (χ2v) is 4.59. The van der Waals surface area contributed by atoms with E-state index in [1.54, 1.807) is 0 Å². The van der Waals surface area contributed by atoms with Crippen molar-refractivity contribution in [3.05, 3.63) is 24.0 Å². The molecule has 0 aliphatic carbocycles. The summed E-state index contributed by atoms with van der Waals surface area (Å²) in [6.45, 7) is 6.60. The average Bonchev–Trinajstić information content (AvgIpc) is 2.28. The Kier molecular flexibility index (Phi) is 5.91. The fourth-order valence-electron chi connectivity index (χ4n) is 1.85. The van der Waals surface area contributed by atoms with Crippen molar-refractivity contribution >= 4 is 5.69 Å². The van der Waals surface area contributed by atoms with Crippen molar-refractivity contribution < 1.29 is 0 Å². The molecule has 0 aliphatic heterocycles. The van der Waals surface area contributed by atoms with Crippen molar-refractivity contribution in [2.24, 2.45) is 0 Å². The molecule has 0 saturated carbocycles. The highest BCUT2D eigenvalue weighted by atomic mass is 14.9. The van der Waals surface area contributed by atoms with E-state index < -0.39 is 0 Å². The van der Waals surface area contributed by atoms with Gasteiger partial charge in [0.1, 0.15) is 0 Å². The van der Waals surface area contributed by atoms with Crippen molar-refractivity contribution in [3.8, 4) is 0 Å². The van der Waals surface area contributed by atoms with E-state index in [0.717, 1.165) is 0 Å². The van der Waals surface area contributed by atoms with Gasteiger partial charge in [-0.3, -0.25) is 4.98 Å². The molecule has 0 aliphatic rings. The third kappa shape index (κ3) is 4.65. The lowest BCUT2D eigenvalue weighted by molar-refractivity contribution is 0.594. The summed E-state index contributed by atoms with van der Waals surface area (Å²) in [7, 11) is 0. The Bertz CT molecular complexity index is 297. The number of pyridine rings is 1. The van der Waals surface area contributed by atoms with Gasteiger partial charge in [-0.1, -0.05) is 32.6 Å². The molecule has 1 unspecified atom stereocenters. The van der Waals surface area contributed by atoms with E-state index in [4.69, 9.17) is 0 Å². The minimum Gasteiger partial charge on any atom is -0.382 e. The summed E-state index contributed by atoms with van der Waals surface area (Å²) >= 11 is 0. The van der Waals surface area contributed by atoms with E-state index in [1.165, 1.54) is 43.4 Å². The predicted molar refractivity (Wildman–Crippen MR) is 70.8 cm³/mol.